The van der Waals surface area contributed by atoms with E-state index in [1.54, 1.807) is 29.0 Å². The molecule has 0 saturated carbocycles. The highest BCUT2D eigenvalue weighted by atomic mass is 28.3. The van der Waals surface area contributed by atoms with Gasteiger partial charge in [0.05, 0.1) is 17.4 Å². The van der Waals surface area contributed by atoms with Crippen molar-refractivity contribution in [3.63, 3.8) is 0 Å². The predicted octanol–water partition coefficient (Wildman–Crippen LogP) is 4.77. The maximum absolute atomic E-state index is 12.5. The number of rotatable bonds is 7. The lowest BCUT2D eigenvalue weighted by Gasteiger charge is -2.19. The van der Waals surface area contributed by atoms with Crippen LogP contribution in [0.1, 0.15) is 37.5 Å². The van der Waals surface area contributed by atoms with Gasteiger partial charge >= 0.3 is 12.2 Å². The SMILES string of the molecule is C[Si](C)(C)CCOCn1cc2nc1[C@@H](NC(=O)O)CCCCC(=O)Nc1cc(NC(=O)O)ccc1-2. The molecule has 1 atom stereocenters. The number of carbonyl (C=O) groups is 3. The van der Waals surface area contributed by atoms with E-state index in [9.17, 15) is 19.5 Å². The van der Waals surface area contributed by atoms with Crippen LogP contribution < -0.4 is 16.0 Å². The van der Waals surface area contributed by atoms with E-state index in [1.165, 1.54) is 0 Å². The van der Waals surface area contributed by atoms with E-state index in [4.69, 9.17) is 14.8 Å². The fourth-order valence-corrected chi connectivity index (χ4v) is 4.57. The number of ether oxygens (including phenoxy) is 1. The van der Waals surface area contributed by atoms with Gasteiger partial charge in [-0.1, -0.05) is 26.1 Å². The number of imidazole rings is 1. The molecule has 1 aromatic carbocycles. The normalized spacial score (nSPS) is 16.3. The molecule has 0 unspecified atom stereocenters. The second-order valence-corrected chi connectivity index (χ2v) is 15.4. The minimum Gasteiger partial charge on any atom is -0.465 e. The van der Waals surface area contributed by atoms with Gasteiger partial charge < -0.3 is 30.2 Å². The third-order valence-corrected chi connectivity index (χ3v) is 7.32. The van der Waals surface area contributed by atoms with Crippen LogP contribution in [0.3, 0.4) is 0 Å². The smallest absolute Gasteiger partial charge is 0.409 e. The van der Waals surface area contributed by atoms with Gasteiger partial charge in [-0.15, -0.1) is 0 Å². The monoisotopic (exact) mass is 503 g/mol. The molecule has 2 heterocycles. The average molecular weight is 504 g/mol. The van der Waals surface area contributed by atoms with E-state index in [2.05, 4.69) is 35.6 Å². The van der Waals surface area contributed by atoms with Gasteiger partial charge in [-0.2, -0.15) is 0 Å². The summed E-state index contributed by atoms with van der Waals surface area (Å²) in [6.45, 7) is 7.61. The first kappa shape index (κ1) is 26.2. The quantitative estimate of drug-likeness (QED) is 0.269. The summed E-state index contributed by atoms with van der Waals surface area (Å²) < 4.78 is 7.73. The Bertz CT molecular complexity index is 1080. The second-order valence-electron chi connectivity index (χ2n) is 9.79. The number of benzene rings is 1. The van der Waals surface area contributed by atoms with Crippen molar-refractivity contribution in [3.05, 3.63) is 30.2 Å². The molecule has 1 aliphatic rings. The topological polar surface area (TPSA) is 155 Å². The number of aromatic nitrogens is 2. The van der Waals surface area contributed by atoms with Crippen molar-refractivity contribution < 1.29 is 29.3 Å². The fraction of sp³-hybridized carbons (Fsp3) is 0.478. The third-order valence-electron chi connectivity index (χ3n) is 5.61. The molecule has 1 aromatic heterocycles. The van der Waals surface area contributed by atoms with Crippen molar-refractivity contribution in [3.8, 4) is 11.3 Å². The van der Waals surface area contributed by atoms with Crippen molar-refractivity contribution in [2.24, 2.45) is 0 Å². The van der Waals surface area contributed by atoms with Crippen molar-refractivity contribution >= 4 is 37.5 Å². The van der Waals surface area contributed by atoms with Crippen molar-refractivity contribution in [2.75, 3.05) is 17.2 Å². The molecule has 0 saturated heterocycles. The lowest BCUT2D eigenvalue weighted by atomic mass is 10.1. The van der Waals surface area contributed by atoms with Crippen LogP contribution in [-0.4, -0.2) is 52.5 Å². The predicted molar refractivity (Wildman–Crippen MR) is 134 cm³/mol. The first-order valence-electron chi connectivity index (χ1n) is 11.6. The number of hydrogen-bond acceptors (Lipinski definition) is 5. The molecule has 35 heavy (non-hydrogen) atoms. The van der Waals surface area contributed by atoms with Crippen molar-refractivity contribution in [2.45, 2.75) is 64.1 Å². The summed E-state index contributed by atoms with van der Waals surface area (Å²) in [7, 11) is -1.27. The van der Waals surface area contributed by atoms with Gasteiger partial charge in [-0.05, 0) is 37.1 Å². The Labute approximate surface area is 204 Å². The number of nitrogens with zero attached hydrogens (tertiary/aromatic N) is 2. The zero-order valence-corrected chi connectivity index (χ0v) is 21.3. The van der Waals surface area contributed by atoms with Gasteiger partial charge in [-0.25, -0.2) is 14.6 Å². The van der Waals surface area contributed by atoms with Gasteiger partial charge in [0, 0.05) is 38.5 Å². The van der Waals surface area contributed by atoms with E-state index in [0.717, 1.165) is 6.04 Å². The molecule has 3 rings (SSSR count). The highest BCUT2D eigenvalue weighted by Gasteiger charge is 2.24. The Morgan fingerprint density at radius 1 is 1.23 bits per heavy atom. The maximum Gasteiger partial charge on any atom is 0.409 e. The standard InChI is InChI=1S/C23H33N5O6Si/c1-35(2,3)11-10-34-14-28-13-19-16-9-8-15(24-22(30)31)12-18(16)25-20(29)7-5-4-6-17(21(28)26-19)27-23(32)33/h8-9,12-13,17,24,27H,4-7,10-11,14H2,1-3H3,(H,25,29)(H,30,31)(H,32,33)/t17-/m0/s1. The summed E-state index contributed by atoms with van der Waals surface area (Å²) in [6.07, 6.45) is 1.32. The molecule has 190 valence electrons. The molecule has 1 aliphatic heterocycles. The van der Waals surface area contributed by atoms with E-state index in [0.29, 0.717) is 54.3 Å². The summed E-state index contributed by atoms with van der Waals surface area (Å²) in [5.74, 6) is 0.317. The first-order chi connectivity index (χ1) is 16.5. The molecule has 2 bridgehead atoms. The molecule has 5 N–H and O–H groups in total. The lowest BCUT2D eigenvalue weighted by molar-refractivity contribution is -0.116. The van der Waals surface area contributed by atoms with Gasteiger partial charge in [0.15, 0.2) is 0 Å². The van der Waals surface area contributed by atoms with Crippen LogP contribution in [0.15, 0.2) is 24.4 Å². The molecule has 3 amide bonds. The zero-order valence-electron chi connectivity index (χ0n) is 20.3. The summed E-state index contributed by atoms with van der Waals surface area (Å²) in [5.41, 5.74) is 1.83. The van der Waals surface area contributed by atoms with Crippen LogP contribution >= 0.6 is 0 Å². The Hall–Kier alpha value is -3.38. The number of nitrogens with one attached hydrogen (secondary N) is 3. The summed E-state index contributed by atoms with van der Waals surface area (Å²) >= 11 is 0. The summed E-state index contributed by atoms with van der Waals surface area (Å²) in [5, 5.41) is 26.2. The van der Waals surface area contributed by atoms with Gasteiger partial charge in [0.1, 0.15) is 12.6 Å². The highest BCUT2D eigenvalue weighted by Crippen LogP contribution is 2.33. The number of anilines is 2. The van der Waals surface area contributed by atoms with E-state index in [1.807, 2.05) is 0 Å². The first-order valence-corrected chi connectivity index (χ1v) is 15.3. The number of fused-ring (bicyclic) bond motifs is 4. The molecular weight excluding hydrogens is 470 g/mol. The Kier molecular flexibility index (Phi) is 8.51. The van der Waals surface area contributed by atoms with E-state index in [-0.39, 0.29) is 19.1 Å². The molecule has 0 aliphatic carbocycles. The molecule has 12 heteroatoms. The van der Waals surface area contributed by atoms with Crippen LogP contribution in [0.2, 0.25) is 25.7 Å². The molecule has 11 nitrogen and oxygen atoms in total. The van der Waals surface area contributed by atoms with Crippen molar-refractivity contribution in [1.29, 1.82) is 0 Å². The Balaban J connectivity index is 2.02. The van der Waals surface area contributed by atoms with E-state index >= 15 is 0 Å². The van der Waals surface area contributed by atoms with Crippen molar-refractivity contribution in [1.82, 2.24) is 14.9 Å². The zero-order chi connectivity index (χ0) is 25.6. The van der Waals surface area contributed by atoms with Crippen LogP contribution in [0, 0.1) is 0 Å². The summed E-state index contributed by atoms with van der Waals surface area (Å²) in [6, 6.07) is 5.23. The fourth-order valence-electron chi connectivity index (χ4n) is 3.82. The minimum atomic E-state index is -1.27. The van der Waals surface area contributed by atoms with Gasteiger partial charge in [0.25, 0.3) is 0 Å². The minimum absolute atomic E-state index is 0.212. The third kappa shape index (κ3) is 7.82. The largest absolute Gasteiger partial charge is 0.465 e. The number of amides is 3. The van der Waals surface area contributed by atoms with Crippen LogP contribution in [-0.2, 0) is 16.3 Å². The molecule has 2 aromatic rings. The van der Waals surface area contributed by atoms with Crippen LogP contribution in [0.5, 0.6) is 0 Å². The highest BCUT2D eigenvalue weighted by molar-refractivity contribution is 6.76. The molecule has 0 radical (unpaired) electrons. The number of carbonyl (C=O) groups excluding carboxylic acids is 1. The van der Waals surface area contributed by atoms with Crippen LogP contribution in [0.4, 0.5) is 21.0 Å². The molecule has 0 fully saturated rings. The Morgan fingerprint density at radius 3 is 2.69 bits per heavy atom. The molecule has 0 spiro atoms. The van der Waals surface area contributed by atoms with Gasteiger partial charge in [-0.3, -0.25) is 10.1 Å². The molecular formula is C23H33N5O6Si. The maximum atomic E-state index is 12.5. The lowest BCUT2D eigenvalue weighted by Crippen LogP contribution is -2.29. The second kappa shape index (κ2) is 11.4. The average Bonchev–Trinajstić information content (AvgIpc) is 3.15. The van der Waals surface area contributed by atoms with Gasteiger partial charge in [0.2, 0.25) is 5.91 Å². The van der Waals surface area contributed by atoms with E-state index < -0.39 is 26.3 Å². The van der Waals surface area contributed by atoms with Crippen LogP contribution in [0.25, 0.3) is 11.3 Å². The summed E-state index contributed by atoms with van der Waals surface area (Å²) in [4.78, 5) is 39.9. The number of hydrogen-bond donors (Lipinski definition) is 5. The Morgan fingerprint density at radius 2 is 2.00 bits per heavy atom. The number of carboxylic acid groups (broad SMARTS) is 2.